The molecule has 0 bridgehead atoms. The van der Waals surface area contributed by atoms with Crippen molar-refractivity contribution in [3.63, 3.8) is 0 Å². The van der Waals surface area contributed by atoms with Crippen LogP contribution in [0, 0.1) is 5.92 Å². The maximum Gasteiger partial charge on any atom is 0.302 e. The van der Waals surface area contributed by atoms with Gasteiger partial charge in [-0.05, 0) is 18.2 Å². The predicted octanol–water partition coefficient (Wildman–Crippen LogP) is 2.60. The molecule has 1 aliphatic heterocycles. The van der Waals surface area contributed by atoms with Crippen LogP contribution in [0.5, 0.6) is 0 Å². The lowest BCUT2D eigenvalue weighted by Crippen LogP contribution is -2.25. The number of aromatic nitrogens is 1. The number of carbonyl (C=O) groups excluding carboxylic acids is 1. The Labute approximate surface area is 129 Å². The minimum Gasteiger partial charge on any atom is -0.288 e. The summed E-state index contributed by atoms with van der Waals surface area (Å²) in [4.78, 5) is 17.7. The van der Waals surface area contributed by atoms with Gasteiger partial charge in [0, 0.05) is 23.9 Å². The molecule has 1 saturated heterocycles. The molecule has 1 atom stereocenters. The van der Waals surface area contributed by atoms with Crippen molar-refractivity contribution in [1.29, 1.82) is 0 Å². The zero-order chi connectivity index (χ0) is 15.2. The SMILES string of the molecule is O=C1CC(CS(=O)(=O)F)CN1c1nc2ccc(Cl)cc2s1. The fourth-order valence-electron chi connectivity index (χ4n) is 2.36. The van der Waals surface area contributed by atoms with Crippen LogP contribution in [0.2, 0.25) is 5.02 Å². The number of hydrogen-bond acceptors (Lipinski definition) is 5. The fourth-order valence-corrected chi connectivity index (χ4v) is 4.42. The summed E-state index contributed by atoms with van der Waals surface area (Å²) in [7, 11) is -4.58. The van der Waals surface area contributed by atoms with Gasteiger partial charge in [0.2, 0.25) is 5.91 Å². The summed E-state index contributed by atoms with van der Waals surface area (Å²) in [6.45, 7) is 0.162. The Morgan fingerprint density at radius 3 is 2.95 bits per heavy atom. The Morgan fingerprint density at radius 2 is 2.24 bits per heavy atom. The van der Waals surface area contributed by atoms with E-state index < -0.39 is 21.9 Å². The van der Waals surface area contributed by atoms with E-state index in [1.54, 1.807) is 18.2 Å². The zero-order valence-electron chi connectivity index (χ0n) is 10.6. The van der Waals surface area contributed by atoms with Crippen molar-refractivity contribution in [2.24, 2.45) is 5.92 Å². The second-order valence-corrected chi connectivity index (χ2v) is 7.75. The van der Waals surface area contributed by atoms with Crippen molar-refractivity contribution in [2.75, 3.05) is 17.2 Å². The average molecular weight is 349 g/mol. The first-order valence-electron chi connectivity index (χ1n) is 6.10. The number of thiazole rings is 1. The van der Waals surface area contributed by atoms with E-state index in [0.29, 0.717) is 15.7 Å². The van der Waals surface area contributed by atoms with Crippen molar-refractivity contribution in [3.8, 4) is 0 Å². The Balaban J connectivity index is 1.87. The largest absolute Gasteiger partial charge is 0.302 e. The van der Waals surface area contributed by atoms with Crippen molar-refractivity contribution in [1.82, 2.24) is 4.98 Å². The van der Waals surface area contributed by atoms with Gasteiger partial charge in [-0.3, -0.25) is 9.69 Å². The van der Waals surface area contributed by atoms with E-state index in [2.05, 4.69) is 4.98 Å². The van der Waals surface area contributed by atoms with Crippen LogP contribution in [0.4, 0.5) is 9.02 Å². The number of rotatable bonds is 3. The van der Waals surface area contributed by atoms with Crippen molar-refractivity contribution in [2.45, 2.75) is 6.42 Å². The lowest BCUT2D eigenvalue weighted by molar-refractivity contribution is -0.117. The topological polar surface area (TPSA) is 67.3 Å². The van der Waals surface area contributed by atoms with Crippen LogP contribution in [0.15, 0.2) is 18.2 Å². The smallest absolute Gasteiger partial charge is 0.288 e. The predicted molar refractivity (Wildman–Crippen MR) is 80.0 cm³/mol. The quantitative estimate of drug-likeness (QED) is 0.800. The second kappa shape index (κ2) is 5.19. The third-order valence-electron chi connectivity index (χ3n) is 3.21. The second-order valence-electron chi connectivity index (χ2n) is 4.89. The highest BCUT2D eigenvalue weighted by molar-refractivity contribution is 7.86. The van der Waals surface area contributed by atoms with E-state index in [9.17, 15) is 17.1 Å². The molecule has 1 aromatic heterocycles. The van der Waals surface area contributed by atoms with Gasteiger partial charge in [0.05, 0.1) is 16.0 Å². The molecule has 3 rings (SSSR count). The third-order valence-corrected chi connectivity index (χ3v) is 5.36. The molecule has 112 valence electrons. The summed E-state index contributed by atoms with van der Waals surface area (Å²) < 4.78 is 34.9. The number of anilines is 1. The Morgan fingerprint density at radius 1 is 1.48 bits per heavy atom. The molecule has 0 aliphatic carbocycles. The van der Waals surface area contributed by atoms with Crippen LogP contribution in [-0.4, -0.2) is 31.6 Å². The summed E-state index contributed by atoms with van der Waals surface area (Å²) >= 11 is 7.20. The highest BCUT2D eigenvalue weighted by Gasteiger charge is 2.35. The van der Waals surface area contributed by atoms with E-state index in [-0.39, 0.29) is 18.9 Å². The normalized spacial score (nSPS) is 19.6. The first kappa shape index (κ1) is 14.7. The van der Waals surface area contributed by atoms with E-state index in [1.165, 1.54) is 16.2 Å². The van der Waals surface area contributed by atoms with Crippen LogP contribution in [0.25, 0.3) is 10.2 Å². The van der Waals surface area contributed by atoms with Gasteiger partial charge in [0.1, 0.15) is 0 Å². The van der Waals surface area contributed by atoms with Gasteiger partial charge >= 0.3 is 10.2 Å². The standard InChI is InChI=1S/C12H10ClFN2O3S2/c13-8-1-2-9-10(4-8)20-12(15-9)16-5-7(3-11(16)17)6-21(14,18)19/h1-2,4,7H,3,5-6H2. The van der Waals surface area contributed by atoms with Gasteiger partial charge in [-0.15, -0.1) is 3.89 Å². The lowest BCUT2D eigenvalue weighted by atomic mass is 10.1. The van der Waals surface area contributed by atoms with Crippen LogP contribution < -0.4 is 4.90 Å². The number of hydrogen-bond donors (Lipinski definition) is 0. The van der Waals surface area contributed by atoms with Gasteiger partial charge in [-0.25, -0.2) is 4.98 Å². The van der Waals surface area contributed by atoms with Gasteiger partial charge < -0.3 is 0 Å². The van der Waals surface area contributed by atoms with Gasteiger partial charge in [0.15, 0.2) is 5.13 Å². The molecular formula is C12H10ClFN2O3S2. The molecule has 1 amide bonds. The average Bonchev–Trinajstić information content (AvgIpc) is 2.89. The Bertz CT molecular complexity index is 821. The molecule has 0 spiro atoms. The molecule has 1 fully saturated rings. The summed E-state index contributed by atoms with van der Waals surface area (Å²) in [5, 5.41) is 1.06. The van der Waals surface area contributed by atoms with Gasteiger partial charge in [-0.2, -0.15) is 8.42 Å². The van der Waals surface area contributed by atoms with E-state index in [4.69, 9.17) is 11.6 Å². The van der Waals surface area contributed by atoms with E-state index in [0.717, 1.165) is 4.70 Å². The summed E-state index contributed by atoms with van der Waals surface area (Å²) in [5.41, 5.74) is 0.716. The van der Waals surface area contributed by atoms with Gasteiger partial charge in [-0.1, -0.05) is 22.9 Å². The number of benzene rings is 1. The molecule has 9 heteroatoms. The van der Waals surface area contributed by atoms with Crippen molar-refractivity contribution in [3.05, 3.63) is 23.2 Å². The highest BCUT2D eigenvalue weighted by atomic mass is 35.5. The zero-order valence-corrected chi connectivity index (χ0v) is 13.0. The maximum absolute atomic E-state index is 12.7. The first-order valence-corrected chi connectivity index (χ1v) is 8.85. The summed E-state index contributed by atoms with van der Waals surface area (Å²) in [5.74, 6) is -1.41. The number of halogens is 2. The lowest BCUT2D eigenvalue weighted by Gasteiger charge is -2.11. The highest BCUT2D eigenvalue weighted by Crippen LogP contribution is 2.34. The maximum atomic E-state index is 12.7. The number of amides is 1. The van der Waals surface area contributed by atoms with Crippen LogP contribution >= 0.6 is 22.9 Å². The van der Waals surface area contributed by atoms with Gasteiger partial charge in [0.25, 0.3) is 0 Å². The molecule has 5 nitrogen and oxygen atoms in total. The molecule has 21 heavy (non-hydrogen) atoms. The Kier molecular flexibility index (Phi) is 3.62. The molecule has 0 N–H and O–H groups in total. The van der Waals surface area contributed by atoms with Crippen LogP contribution in [-0.2, 0) is 15.0 Å². The minimum atomic E-state index is -4.58. The number of nitrogens with zero attached hydrogens (tertiary/aromatic N) is 2. The van der Waals surface area contributed by atoms with Crippen LogP contribution in [0.3, 0.4) is 0 Å². The monoisotopic (exact) mass is 348 g/mol. The van der Waals surface area contributed by atoms with E-state index in [1.807, 2.05) is 0 Å². The molecule has 0 saturated carbocycles. The molecule has 1 aromatic carbocycles. The molecule has 1 aliphatic rings. The minimum absolute atomic E-state index is 0.0137. The summed E-state index contributed by atoms with van der Waals surface area (Å²) in [6, 6.07) is 5.21. The Hall–Kier alpha value is -1.25. The third kappa shape index (κ3) is 3.17. The summed E-state index contributed by atoms with van der Waals surface area (Å²) in [6.07, 6.45) is 0.0137. The number of carbonyl (C=O) groups is 1. The van der Waals surface area contributed by atoms with Crippen molar-refractivity contribution >= 4 is 54.4 Å². The first-order chi connectivity index (χ1) is 9.82. The van der Waals surface area contributed by atoms with E-state index >= 15 is 0 Å². The fraction of sp³-hybridized carbons (Fsp3) is 0.333. The molecule has 2 aromatic rings. The molecule has 2 heterocycles. The molecule has 0 radical (unpaired) electrons. The number of fused-ring (bicyclic) bond motifs is 1. The van der Waals surface area contributed by atoms with Crippen LogP contribution in [0.1, 0.15) is 6.42 Å². The van der Waals surface area contributed by atoms with Crippen molar-refractivity contribution < 1.29 is 17.1 Å². The molecular weight excluding hydrogens is 339 g/mol. The molecule has 1 unspecified atom stereocenters.